The monoisotopic (exact) mass is 609 g/mol. The number of hydrogen-bond acceptors (Lipinski definition) is 8. The largest absolute Gasteiger partial charge is 0.464 e. The second-order valence-corrected chi connectivity index (χ2v) is 10.0. The van der Waals surface area contributed by atoms with Gasteiger partial charge in [0.25, 0.3) is 0 Å². The number of amides is 2. The van der Waals surface area contributed by atoms with Crippen LogP contribution in [0.5, 0.6) is 6.01 Å². The summed E-state index contributed by atoms with van der Waals surface area (Å²) in [5.41, 5.74) is 2.20. The Morgan fingerprint density at radius 3 is 2.62 bits per heavy atom. The average molecular weight is 610 g/mol. The molecule has 2 atom stereocenters. The highest BCUT2D eigenvalue weighted by Crippen LogP contribution is 2.28. The summed E-state index contributed by atoms with van der Waals surface area (Å²) in [6, 6.07) is 9.60. The van der Waals surface area contributed by atoms with Gasteiger partial charge < -0.3 is 15.0 Å². The number of fused-ring (bicyclic) bond motifs is 1. The molecule has 206 valence electrons. The molecule has 4 aromatic rings. The maximum atomic E-state index is 14.4. The van der Waals surface area contributed by atoms with Gasteiger partial charge in [0.05, 0.1) is 18.7 Å². The van der Waals surface area contributed by atoms with E-state index in [2.05, 4.69) is 41.3 Å². The Morgan fingerprint density at radius 2 is 1.93 bits per heavy atom. The molecule has 1 aliphatic rings. The molecule has 11 nitrogen and oxygen atoms in total. The topological polar surface area (TPSA) is 132 Å². The smallest absolute Gasteiger partial charge is 0.316 e. The molecule has 4 heterocycles. The van der Waals surface area contributed by atoms with E-state index < -0.39 is 24.0 Å². The number of ether oxygens (including phenoxy) is 1. The van der Waals surface area contributed by atoms with Crippen LogP contribution in [0.1, 0.15) is 30.8 Å². The van der Waals surface area contributed by atoms with Gasteiger partial charge in [0.2, 0.25) is 11.8 Å². The predicted molar refractivity (Wildman–Crippen MR) is 148 cm³/mol. The summed E-state index contributed by atoms with van der Waals surface area (Å²) in [6.45, 7) is 3.19. The Labute approximate surface area is 236 Å². The lowest BCUT2D eigenvalue weighted by Crippen LogP contribution is -2.44. The van der Waals surface area contributed by atoms with E-state index in [4.69, 9.17) is 4.74 Å². The van der Waals surface area contributed by atoms with Gasteiger partial charge in [0, 0.05) is 36.7 Å². The summed E-state index contributed by atoms with van der Waals surface area (Å²) >= 11 is 3.24. The maximum Gasteiger partial charge on any atom is 0.316 e. The van der Waals surface area contributed by atoms with E-state index in [0.717, 1.165) is 5.56 Å². The minimum absolute atomic E-state index is 0.127. The number of carbonyl (C=O) groups excluding carboxylic acids is 3. The molecule has 2 amide bonds. The molecular formula is C27H25BrFN7O4. The van der Waals surface area contributed by atoms with E-state index in [1.165, 1.54) is 16.5 Å². The molecule has 0 radical (unpaired) electrons. The summed E-state index contributed by atoms with van der Waals surface area (Å²) in [5, 5.41) is 7.60. The number of benzene rings is 1. The molecule has 0 saturated carbocycles. The van der Waals surface area contributed by atoms with Crippen LogP contribution in [0.15, 0.2) is 53.4 Å². The number of nitrogens with one attached hydrogen (secondary N) is 1. The highest BCUT2D eigenvalue weighted by Gasteiger charge is 2.40. The first-order valence-corrected chi connectivity index (χ1v) is 13.4. The Morgan fingerprint density at radius 1 is 1.15 bits per heavy atom. The minimum Gasteiger partial charge on any atom is -0.464 e. The lowest BCUT2D eigenvalue weighted by atomic mass is 10.0. The van der Waals surface area contributed by atoms with Crippen molar-refractivity contribution >= 4 is 50.2 Å². The molecule has 1 N–H and O–H groups in total. The fourth-order valence-electron chi connectivity index (χ4n) is 4.62. The number of rotatable bonds is 8. The second-order valence-electron chi connectivity index (χ2n) is 9.21. The zero-order valence-electron chi connectivity index (χ0n) is 21.7. The van der Waals surface area contributed by atoms with Gasteiger partial charge in [-0.3, -0.25) is 19.1 Å². The number of likely N-dealkylation sites (tertiary alicyclic amines) is 1. The summed E-state index contributed by atoms with van der Waals surface area (Å²) < 4.78 is 21.7. The first kappa shape index (κ1) is 27.3. The zero-order valence-corrected chi connectivity index (χ0v) is 23.3. The first-order valence-electron chi connectivity index (χ1n) is 12.6. The Bertz CT molecular complexity index is 1590. The van der Waals surface area contributed by atoms with Gasteiger partial charge in [0.1, 0.15) is 34.9 Å². The van der Waals surface area contributed by atoms with Crippen molar-refractivity contribution in [3.05, 3.63) is 59.1 Å². The van der Waals surface area contributed by atoms with Crippen LogP contribution in [0, 0.1) is 0 Å². The van der Waals surface area contributed by atoms with Crippen molar-refractivity contribution in [2.24, 2.45) is 0 Å². The minimum atomic E-state index is -1.35. The Balaban J connectivity index is 1.39. The van der Waals surface area contributed by atoms with E-state index in [9.17, 15) is 18.8 Å². The van der Waals surface area contributed by atoms with Gasteiger partial charge in [-0.2, -0.15) is 5.10 Å². The average Bonchev–Trinajstić information content (AvgIpc) is 3.50. The highest BCUT2D eigenvalue weighted by molar-refractivity contribution is 9.10. The summed E-state index contributed by atoms with van der Waals surface area (Å²) in [7, 11) is 0. The Kier molecular flexibility index (Phi) is 7.83. The van der Waals surface area contributed by atoms with Gasteiger partial charge in [-0.1, -0.05) is 12.1 Å². The molecule has 0 spiro atoms. The molecule has 3 aromatic heterocycles. The number of pyridine rings is 1. The van der Waals surface area contributed by atoms with Crippen LogP contribution in [0.3, 0.4) is 0 Å². The molecule has 13 heteroatoms. The lowest BCUT2D eigenvalue weighted by Gasteiger charge is -2.23. The van der Waals surface area contributed by atoms with E-state index >= 15 is 0 Å². The quantitative estimate of drug-likeness (QED) is 0.235. The van der Waals surface area contributed by atoms with Gasteiger partial charge in [0.15, 0.2) is 5.78 Å². The van der Waals surface area contributed by atoms with Crippen molar-refractivity contribution < 1.29 is 23.5 Å². The molecule has 0 aliphatic carbocycles. The van der Waals surface area contributed by atoms with Gasteiger partial charge in [-0.25, -0.2) is 19.3 Å². The normalized spacial score (nSPS) is 16.8. The van der Waals surface area contributed by atoms with Crippen LogP contribution in [0.4, 0.5) is 10.2 Å². The van der Waals surface area contributed by atoms with Crippen LogP contribution < -0.4 is 10.1 Å². The molecule has 0 unspecified atom stereocenters. The number of Topliss-reactive ketones (excluding diaryl/α,β-unsaturated/α-hetero) is 1. The molecule has 40 heavy (non-hydrogen) atoms. The van der Waals surface area contributed by atoms with Crippen molar-refractivity contribution in [2.45, 2.75) is 39.0 Å². The molecule has 5 rings (SSSR count). The number of nitrogens with zero attached hydrogens (tertiary/aromatic N) is 6. The Hall–Kier alpha value is -4.26. The third-order valence-corrected chi connectivity index (χ3v) is 6.88. The first-order chi connectivity index (χ1) is 19.2. The van der Waals surface area contributed by atoms with Gasteiger partial charge in [-0.15, -0.1) is 0 Å². The van der Waals surface area contributed by atoms with Crippen LogP contribution >= 0.6 is 15.9 Å². The van der Waals surface area contributed by atoms with Crippen molar-refractivity contribution in [2.75, 3.05) is 18.5 Å². The van der Waals surface area contributed by atoms with Crippen molar-refractivity contribution in [1.29, 1.82) is 0 Å². The summed E-state index contributed by atoms with van der Waals surface area (Å²) in [6.07, 6.45) is 1.76. The third kappa shape index (κ3) is 5.69. The van der Waals surface area contributed by atoms with Crippen LogP contribution in [-0.2, 0) is 16.1 Å². The number of hydrogen-bond donors (Lipinski definition) is 1. The molecular weight excluding hydrogens is 585 g/mol. The van der Waals surface area contributed by atoms with E-state index in [1.54, 1.807) is 42.7 Å². The van der Waals surface area contributed by atoms with E-state index in [-0.39, 0.29) is 42.8 Å². The van der Waals surface area contributed by atoms with Crippen molar-refractivity contribution in [1.82, 2.24) is 29.6 Å². The number of alkyl halides is 1. The van der Waals surface area contributed by atoms with Crippen LogP contribution in [-0.4, -0.2) is 72.6 Å². The number of ketones is 1. The highest BCUT2D eigenvalue weighted by atomic mass is 79.9. The predicted octanol–water partition coefficient (Wildman–Crippen LogP) is 3.83. The van der Waals surface area contributed by atoms with Crippen molar-refractivity contribution in [3.8, 4) is 17.1 Å². The second kappa shape index (κ2) is 11.5. The van der Waals surface area contributed by atoms with Gasteiger partial charge >= 0.3 is 6.01 Å². The standard InChI is InChI=1S/C27H25BrFN7O4/c1-3-40-27-30-11-17(12-31-27)16-7-8-20-19(9-16)25(15(2)37)34-36(20)14-24(38)35-13-18(29)10-21(35)26(39)33-23-6-4-5-22(28)32-23/h4-9,11-12,18,21H,3,10,13-14H2,1-2H3,(H,32,33,39)/t18-,21+/m1/s1. The van der Waals surface area contributed by atoms with Crippen LogP contribution in [0.2, 0.25) is 0 Å². The lowest BCUT2D eigenvalue weighted by molar-refractivity contribution is -0.137. The molecule has 1 aromatic carbocycles. The molecule has 1 fully saturated rings. The summed E-state index contributed by atoms with van der Waals surface area (Å²) in [5.74, 6) is -1.02. The number of aromatic nitrogens is 5. The fourth-order valence-corrected chi connectivity index (χ4v) is 4.97. The van der Waals surface area contributed by atoms with E-state index in [0.29, 0.717) is 27.7 Å². The number of halogens is 2. The SMILES string of the molecule is CCOc1ncc(-c2ccc3c(c2)c(C(C)=O)nn3CC(=O)N2C[C@H](F)C[C@H]2C(=O)Nc2cccc(Br)n2)cn1. The van der Waals surface area contributed by atoms with E-state index in [1.807, 2.05) is 13.0 Å². The fraction of sp³-hybridized carbons (Fsp3) is 0.296. The number of anilines is 1. The maximum absolute atomic E-state index is 14.4. The molecule has 1 saturated heterocycles. The molecule has 1 aliphatic heterocycles. The summed E-state index contributed by atoms with van der Waals surface area (Å²) in [4.78, 5) is 52.5. The van der Waals surface area contributed by atoms with Crippen LogP contribution in [0.25, 0.3) is 22.0 Å². The van der Waals surface area contributed by atoms with Gasteiger partial charge in [-0.05, 0) is 52.7 Å². The third-order valence-electron chi connectivity index (χ3n) is 6.44. The zero-order chi connectivity index (χ0) is 28.4. The molecule has 0 bridgehead atoms. The van der Waals surface area contributed by atoms with Crippen molar-refractivity contribution in [3.63, 3.8) is 0 Å². The number of carbonyl (C=O) groups is 3.